The van der Waals surface area contributed by atoms with Gasteiger partial charge in [-0.15, -0.1) is 0 Å². The van der Waals surface area contributed by atoms with Gasteiger partial charge in [0.25, 0.3) is 5.91 Å². The molecular formula is C14H18N2O. The van der Waals surface area contributed by atoms with Crippen molar-refractivity contribution in [3.8, 4) is 0 Å². The number of hydrogen-bond acceptors (Lipinski definition) is 1. The summed E-state index contributed by atoms with van der Waals surface area (Å²) in [7, 11) is 1.84. The van der Waals surface area contributed by atoms with Gasteiger partial charge >= 0.3 is 0 Å². The predicted octanol–water partition coefficient (Wildman–Crippen LogP) is 3.04. The van der Waals surface area contributed by atoms with Gasteiger partial charge in [-0.05, 0) is 26.8 Å². The molecule has 1 aromatic heterocycles. The Hall–Kier alpha value is -1.77. The number of aromatic nitrogens is 1. The standard InChI is InChI=1S/C14H18N2O/c1-14(2,3)16(4)13(17)11-9-15-12-8-6-5-7-10(11)12/h5-9,15H,1-4H3. The molecule has 1 N–H and O–H groups in total. The van der Waals surface area contributed by atoms with E-state index in [9.17, 15) is 4.79 Å². The van der Waals surface area contributed by atoms with E-state index in [4.69, 9.17) is 0 Å². The molecule has 3 nitrogen and oxygen atoms in total. The summed E-state index contributed by atoms with van der Waals surface area (Å²) in [4.78, 5) is 17.3. The SMILES string of the molecule is CN(C(=O)c1c[nH]c2ccccc12)C(C)(C)C. The van der Waals surface area contributed by atoms with Crippen LogP contribution < -0.4 is 0 Å². The summed E-state index contributed by atoms with van der Waals surface area (Å²) < 4.78 is 0. The van der Waals surface area contributed by atoms with E-state index in [1.165, 1.54) is 0 Å². The fraction of sp³-hybridized carbons (Fsp3) is 0.357. The minimum Gasteiger partial charge on any atom is -0.360 e. The Labute approximate surface area is 101 Å². The zero-order valence-corrected chi connectivity index (χ0v) is 10.7. The lowest BCUT2D eigenvalue weighted by atomic mass is 10.0. The number of H-pyrrole nitrogens is 1. The van der Waals surface area contributed by atoms with Crippen molar-refractivity contribution >= 4 is 16.8 Å². The van der Waals surface area contributed by atoms with Crippen LogP contribution in [-0.2, 0) is 0 Å². The van der Waals surface area contributed by atoms with Crippen LogP contribution in [0.15, 0.2) is 30.5 Å². The minimum atomic E-state index is -0.171. The minimum absolute atomic E-state index is 0.0509. The molecule has 0 aliphatic carbocycles. The molecule has 0 atom stereocenters. The number of amides is 1. The molecule has 1 amide bonds. The van der Waals surface area contributed by atoms with Gasteiger partial charge in [-0.3, -0.25) is 4.79 Å². The lowest BCUT2D eigenvalue weighted by Gasteiger charge is -2.31. The van der Waals surface area contributed by atoms with E-state index in [0.29, 0.717) is 0 Å². The third kappa shape index (κ3) is 2.05. The van der Waals surface area contributed by atoms with Crippen LogP contribution in [0.1, 0.15) is 31.1 Å². The number of carbonyl (C=O) groups is 1. The summed E-state index contributed by atoms with van der Waals surface area (Å²) in [6.07, 6.45) is 1.79. The molecule has 1 heterocycles. The summed E-state index contributed by atoms with van der Waals surface area (Å²) in [6.45, 7) is 6.08. The lowest BCUT2D eigenvalue weighted by Crippen LogP contribution is -2.42. The fourth-order valence-corrected chi connectivity index (χ4v) is 1.73. The second-order valence-electron chi connectivity index (χ2n) is 5.28. The molecule has 3 heteroatoms. The number of fused-ring (bicyclic) bond motifs is 1. The molecule has 0 spiro atoms. The third-order valence-corrected chi connectivity index (χ3v) is 3.13. The second kappa shape index (κ2) is 3.91. The van der Waals surface area contributed by atoms with Gasteiger partial charge < -0.3 is 9.88 Å². The molecule has 2 rings (SSSR count). The van der Waals surface area contributed by atoms with Crippen LogP contribution >= 0.6 is 0 Å². The van der Waals surface area contributed by atoms with Crippen molar-refractivity contribution in [2.45, 2.75) is 26.3 Å². The summed E-state index contributed by atoms with van der Waals surface area (Å²) in [6, 6.07) is 7.85. The van der Waals surface area contributed by atoms with Crippen LogP contribution in [0.2, 0.25) is 0 Å². The highest BCUT2D eigenvalue weighted by molar-refractivity contribution is 6.06. The molecule has 2 aromatic rings. The van der Waals surface area contributed by atoms with Gasteiger partial charge in [0, 0.05) is 29.7 Å². The number of carbonyl (C=O) groups excluding carboxylic acids is 1. The molecule has 17 heavy (non-hydrogen) atoms. The molecule has 0 saturated carbocycles. The number of nitrogens with zero attached hydrogens (tertiary/aromatic N) is 1. The number of para-hydroxylation sites is 1. The van der Waals surface area contributed by atoms with E-state index in [0.717, 1.165) is 16.5 Å². The molecule has 0 unspecified atom stereocenters. The summed E-state index contributed by atoms with van der Waals surface area (Å²) in [5.74, 6) is 0.0509. The summed E-state index contributed by atoms with van der Waals surface area (Å²) in [5, 5.41) is 0.980. The Morgan fingerprint density at radius 3 is 2.53 bits per heavy atom. The Morgan fingerprint density at radius 2 is 1.88 bits per heavy atom. The van der Waals surface area contributed by atoms with Crippen LogP contribution in [0.5, 0.6) is 0 Å². The van der Waals surface area contributed by atoms with Crippen LogP contribution in [-0.4, -0.2) is 28.4 Å². The smallest absolute Gasteiger partial charge is 0.256 e. The van der Waals surface area contributed by atoms with E-state index in [1.807, 2.05) is 52.1 Å². The second-order valence-corrected chi connectivity index (χ2v) is 5.28. The van der Waals surface area contributed by atoms with Gasteiger partial charge in [0.1, 0.15) is 0 Å². The van der Waals surface area contributed by atoms with E-state index >= 15 is 0 Å². The Morgan fingerprint density at radius 1 is 1.24 bits per heavy atom. The molecule has 0 saturated heterocycles. The lowest BCUT2D eigenvalue weighted by molar-refractivity contribution is 0.0658. The molecule has 0 fully saturated rings. The van der Waals surface area contributed by atoms with E-state index in [2.05, 4.69) is 4.98 Å². The van der Waals surface area contributed by atoms with Gasteiger partial charge in [-0.25, -0.2) is 0 Å². The van der Waals surface area contributed by atoms with Crippen LogP contribution in [0, 0.1) is 0 Å². The average Bonchev–Trinajstić information content (AvgIpc) is 2.69. The first-order chi connectivity index (χ1) is 7.91. The quantitative estimate of drug-likeness (QED) is 0.803. The zero-order chi connectivity index (χ0) is 12.6. The molecule has 0 aliphatic rings. The van der Waals surface area contributed by atoms with Crippen molar-refractivity contribution in [2.75, 3.05) is 7.05 Å². The largest absolute Gasteiger partial charge is 0.360 e. The number of hydrogen-bond donors (Lipinski definition) is 1. The first-order valence-electron chi connectivity index (χ1n) is 5.75. The molecule has 0 bridgehead atoms. The number of aromatic amines is 1. The van der Waals surface area contributed by atoms with Crippen molar-refractivity contribution in [1.82, 2.24) is 9.88 Å². The van der Waals surface area contributed by atoms with Gasteiger partial charge in [-0.2, -0.15) is 0 Å². The molecule has 1 aromatic carbocycles. The highest BCUT2D eigenvalue weighted by Gasteiger charge is 2.24. The van der Waals surface area contributed by atoms with Crippen molar-refractivity contribution in [1.29, 1.82) is 0 Å². The van der Waals surface area contributed by atoms with Crippen molar-refractivity contribution < 1.29 is 4.79 Å². The summed E-state index contributed by atoms with van der Waals surface area (Å²) >= 11 is 0. The first kappa shape index (κ1) is 11.7. The molecular weight excluding hydrogens is 212 g/mol. The fourth-order valence-electron chi connectivity index (χ4n) is 1.73. The molecule has 0 aliphatic heterocycles. The highest BCUT2D eigenvalue weighted by atomic mass is 16.2. The first-order valence-corrected chi connectivity index (χ1v) is 5.75. The normalized spacial score (nSPS) is 11.8. The maximum Gasteiger partial charge on any atom is 0.256 e. The van der Waals surface area contributed by atoms with Gasteiger partial charge in [0.15, 0.2) is 0 Å². The summed E-state index contributed by atoms with van der Waals surface area (Å²) in [5.41, 5.74) is 1.56. The monoisotopic (exact) mass is 230 g/mol. The van der Waals surface area contributed by atoms with Crippen LogP contribution in [0.4, 0.5) is 0 Å². The van der Waals surface area contributed by atoms with Crippen molar-refractivity contribution in [3.05, 3.63) is 36.0 Å². The van der Waals surface area contributed by atoms with E-state index in [1.54, 1.807) is 11.1 Å². The number of benzene rings is 1. The van der Waals surface area contributed by atoms with E-state index in [-0.39, 0.29) is 11.4 Å². The van der Waals surface area contributed by atoms with Crippen LogP contribution in [0.25, 0.3) is 10.9 Å². The Kier molecular flexibility index (Phi) is 2.69. The Bertz CT molecular complexity index is 549. The number of nitrogens with one attached hydrogen (secondary N) is 1. The maximum atomic E-state index is 12.4. The van der Waals surface area contributed by atoms with Gasteiger partial charge in [0.2, 0.25) is 0 Å². The zero-order valence-electron chi connectivity index (χ0n) is 10.7. The topological polar surface area (TPSA) is 36.1 Å². The predicted molar refractivity (Wildman–Crippen MR) is 70.1 cm³/mol. The van der Waals surface area contributed by atoms with E-state index < -0.39 is 0 Å². The van der Waals surface area contributed by atoms with Crippen molar-refractivity contribution in [2.24, 2.45) is 0 Å². The highest BCUT2D eigenvalue weighted by Crippen LogP contribution is 2.21. The van der Waals surface area contributed by atoms with Gasteiger partial charge in [0.05, 0.1) is 5.56 Å². The van der Waals surface area contributed by atoms with Gasteiger partial charge in [-0.1, -0.05) is 18.2 Å². The average molecular weight is 230 g/mol. The third-order valence-electron chi connectivity index (χ3n) is 3.13. The van der Waals surface area contributed by atoms with Crippen LogP contribution in [0.3, 0.4) is 0 Å². The number of rotatable bonds is 1. The molecule has 90 valence electrons. The Balaban J connectivity index is 2.44. The van der Waals surface area contributed by atoms with Crippen molar-refractivity contribution in [3.63, 3.8) is 0 Å². The molecule has 0 radical (unpaired) electrons. The maximum absolute atomic E-state index is 12.4.